The molecule has 0 aliphatic heterocycles. The average Bonchev–Trinajstić information content (AvgIpc) is 2.54. The largest absolute Gasteiger partial charge is 0.492 e. The third kappa shape index (κ3) is 5.22. The van der Waals surface area contributed by atoms with E-state index in [1.165, 1.54) is 30.5 Å². The van der Waals surface area contributed by atoms with Crippen molar-refractivity contribution in [1.82, 2.24) is 4.83 Å². The summed E-state index contributed by atoms with van der Waals surface area (Å²) in [7, 11) is -3.72. The molecule has 0 aliphatic rings. The highest BCUT2D eigenvalue weighted by atomic mass is 79.9. The second-order valence-corrected chi connectivity index (χ2v) is 7.80. The van der Waals surface area contributed by atoms with Crippen LogP contribution in [0.3, 0.4) is 0 Å². The second kappa shape index (κ2) is 8.50. The molecule has 0 saturated heterocycles. The van der Waals surface area contributed by atoms with Crippen molar-refractivity contribution >= 4 is 43.8 Å². The number of rotatable bonds is 7. The fourth-order valence-electron chi connectivity index (χ4n) is 1.76. The van der Waals surface area contributed by atoms with E-state index in [-0.39, 0.29) is 4.90 Å². The van der Waals surface area contributed by atoms with Gasteiger partial charge in [0.2, 0.25) is 0 Å². The lowest BCUT2D eigenvalue weighted by molar-refractivity contribution is 0.315. The monoisotopic (exact) mass is 430 g/mol. The van der Waals surface area contributed by atoms with E-state index >= 15 is 0 Å². The minimum absolute atomic E-state index is 0.0912. The summed E-state index contributed by atoms with van der Waals surface area (Å²) in [5.74, 6) is 0.732. The number of nitrogens with zero attached hydrogens (tertiary/aromatic N) is 1. The Morgan fingerprint density at radius 3 is 2.58 bits per heavy atom. The number of sulfonamides is 1. The molecule has 2 aromatic carbocycles. The van der Waals surface area contributed by atoms with Crippen molar-refractivity contribution in [3.63, 3.8) is 0 Å². The van der Waals surface area contributed by atoms with E-state index in [1.54, 1.807) is 18.2 Å². The SMILES string of the molecule is CCCOc1ccc(/C=N/NS(=O)(=O)c2ccc(Cl)cc2)cc1Br. The zero-order valence-corrected chi connectivity index (χ0v) is 16.0. The molecule has 0 heterocycles. The van der Waals surface area contributed by atoms with Crippen molar-refractivity contribution in [1.29, 1.82) is 0 Å². The Hall–Kier alpha value is -1.57. The van der Waals surface area contributed by atoms with E-state index in [0.717, 1.165) is 22.2 Å². The predicted octanol–water partition coefficient (Wildman–Crippen LogP) is 4.20. The Morgan fingerprint density at radius 2 is 1.96 bits per heavy atom. The molecule has 1 N–H and O–H groups in total. The second-order valence-electron chi connectivity index (χ2n) is 4.85. The van der Waals surface area contributed by atoms with Gasteiger partial charge in [0.1, 0.15) is 5.75 Å². The van der Waals surface area contributed by atoms with Gasteiger partial charge in [-0.2, -0.15) is 13.5 Å². The fourth-order valence-corrected chi connectivity index (χ4v) is 3.19. The lowest BCUT2D eigenvalue weighted by Crippen LogP contribution is -2.18. The van der Waals surface area contributed by atoms with Crippen LogP contribution in [0.4, 0.5) is 0 Å². The number of halogens is 2. The number of hydrogen-bond donors (Lipinski definition) is 1. The van der Waals surface area contributed by atoms with Crippen LogP contribution in [-0.4, -0.2) is 21.2 Å². The van der Waals surface area contributed by atoms with Gasteiger partial charge >= 0.3 is 0 Å². The summed E-state index contributed by atoms with van der Waals surface area (Å²) in [6.45, 7) is 2.66. The van der Waals surface area contributed by atoms with Gasteiger partial charge in [0.05, 0.1) is 22.2 Å². The van der Waals surface area contributed by atoms with Crippen LogP contribution in [0, 0.1) is 0 Å². The zero-order valence-electron chi connectivity index (χ0n) is 12.9. The quantitative estimate of drug-likeness (QED) is 0.527. The summed E-state index contributed by atoms with van der Waals surface area (Å²) in [4.78, 5) is 2.25. The van der Waals surface area contributed by atoms with Crippen LogP contribution in [-0.2, 0) is 10.0 Å². The van der Waals surface area contributed by atoms with Crippen molar-refractivity contribution in [2.45, 2.75) is 18.2 Å². The molecule has 0 bridgehead atoms. The van der Waals surface area contributed by atoms with Gasteiger partial charge in [-0.3, -0.25) is 0 Å². The summed E-state index contributed by atoms with van der Waals surface area (Å²) < 4.78 is 30.5. The average molecular weight is 432 g/mol. The van der Waals surface area contributed by atoms with Gasteiger partial charge in [0.15, 0.2) is 0 Å². The highest BCUT2D eigenvalue weighted by Crippen LogP contribution is 2.25. The van der Waals surface area contributed by atoms with E-state index in [2.05, 4.69) is 25.9 Å². The Kier molecular flexibility index (Phi) is 6.65. The first-order chi connectivity index (χ1) is 11.4. The standard InChI is InChI=1S/C16H16BrClN2O3S/c1-2-9-23-16-8-3-12(10-15(16)17)11-19-20-24(21,22)14-6-4-13(18)5-7-14/h3-8,10-11,20H,2,9H2,1H3/b19-11+. The van der Waals surface area contributed by atoms with E-state index < -0.39 is 10.0 Å². The highest BCUT2D eigenvalue weighted by molar-refractivity contribution is 9.10. The molecule has 0 fully saturated rings. The molecule has 2 rings (SSSR count). The van der Waals surface area contributed by atoms with Gasteiger partial charge in [-0.15, -0.1) is 0 Å². The third-order valence-electron chi connectivity index (χ3n) is 2.93. The molecule has 2 aromatic rings. The molecular formula is C16H16BrClN2O3S. The molecular weight excluding hydrogens is 416 g/mol. The first kappa shape index (κ1) is 18.8. The Bertz CT molecular complexity index is 824. The van der Waals surface area contributed by atoms with E-state index in [0.29, 0.717) is 11.6 Å². The summed E-state index contributed by atoms with van der Waals surface area (Å²) in [5, 5.41) is 4.25. The van der Waals surface area contributed by atoms with Crippen LogP contribution in [0.1, 0.15) is 18.9 Å². The molecule has 0 unspecified atom stereocenters. The van der Waals surface area contributed by atoms with Crippen molar-refractivity contribution in [3.05, 3.63) is 57.5 Å². The third-order valence-corrected chi connectivity index (χ3v) is 5.04. The van der Waals surface area contributed by atoms with Gasteiger partial charge in [-0.25, -0.2) is 4.83 Å². The summed E-state index contributed by atoms with van der Waals surface area (Å²) >= 11 is 9.16. The smallest absolute Gasteiger partial charge is 0.276 e. The van der Waals surface area contributed by atoms with Crippen molar-refractivity contribution in [2.75, 3.05) is 6.61 Å². The minimum atomic E-state index is -3.72. The van der Waals surface area contributed by atoms with Gasteiger partial charge in [0.25, 0.3) is 10.0 Å². The van der Waals surface area contributed by atoms with Gasteiger partial charge < -0.3 is 4.74 Å². The molecule has 0 aromatic heterocycles. The molecule has 8 heteroatoms. The Labute approximate surface area is 154 Å². The minimum Gasteiger partial charge on any atom is -0.492 e. The zero-order chi connectivity index (χ0) is 17.6. The Balaban J connectivity index is 2.05. The molecule has 0 spiro atoms. The van der Waals surface area contributed by atoms with Crippen molar-refractivity contribution < 1.29 is 13.2 Å². The lowest BCUT2D eigenvalue weighted by Gasteiger charge is -2.07. The van der Waals surface area contributed by atoms with Crippen LogP contribution in [0.2, 0.25) is 5.02 Å². The summed E-state index contributed by atoms with van der Waals surface area (Å²) in [6, 6.07) is 11.2. The molecule has 0 atom stereocenters. The molecule has 0 saturated carbocycles. The number of benzene rings is 2. The number of nitrogens with one attached hydrogen (secondary N) is 1. The maximum atomic E-state index is 12.1. The van der Waals surface area contributed by atoms with Crippen LogP contribution in [0.25, 0.3) is 0 Å². The van der Waals surface area contributed by atoms with Gasteiger partial charge in [-0.05, 0) is 70.4 Å². The first-order valence-electron chi connectivity index (χ1n) is 7.15. The summed E-state index contributed by atoms with van der Waals surface area (Å²) in [6.07, 6.45) is 2.34. The molecule has 0 amide bonds. The lowest BCUT2D eigenvalue weighted by atomic mass is 10.2. The van der Waals surface area contributed by atoms with E-state index in [4.69, 9.17) is 16.3 Å². The number of hydrogen-bond acceptors (Lipinski definition) is 4. The van der Waals surface area contributed by atoms with Crippen LogP contribution in [0.15, 0.2) is 56.9 Å². The number of ether oxygens (including phenoxy) is 1. The fraction of sp³-hybridized carbons (Fsp3) is 0.188. The normalized spacial score (nSPS) is 11.6. The first-order valence-corrected chi connectivity index (χ1v) is 9.80. The Morgan fingerprint density at radius 1 is 1.25 bits per heavy atom. The topological polar surface area (TPSA) is 67.8 Å². The van der Waals surface area contributed by atoms with Crippen LogP contribution < -0.4 is 9.57 Å². The van der Waals surface area contributed by atoms with Crippen LogP contribution in [0.5, 0.6) is 5.75 Å². The maximum absolute atomic E-state index is 12.1. The van der Waals surface area contributed by atoms with Gasteiger partial charge in [0, 0.05) is 5.02 Å². The molecule has 24 heavy (non-hydrogen) atoms. The highest BCUT2D eigenvalue weighted by Gasteiger charge is 2.12. The van der Waals surface area contributed by atoms with Crippen molar-refractivity contribution in [3.8, 4) is 5.75 Å². The maximum Gasteiger partial charge on any atom is 0.276 e. The van der Waals surface area contributed by atoms with Crippen LogP contribution >= 0.6 is 27.5 Å². The van der Waals surface area contributed by atoms with E-state index in [1.807, 2.05) is 6.92 Å². The van der Waals surface area contributed by atoms with E-state index in [9.17, 15) is 8.42 Å². The summed E-state index contributed by atoms with van der Waals surface area (Å²) in [5.41, 5.74) is 0.726. The molecule has 5 nitrogen and oxygen atoms in total. The van der Waals surface area contributed by atoms with Gasteiger partial charge in [-0.1, -0.05) is 18.5 Å². The molecule has 128 valence electrons. The number of hydrazone groups is 1. The van der Waals surface area contributed by atoms with Crippen molar-refractivity contribution in [2.24, 2.45) is 5.10 Å². The molecule has 0 aliphatic carbocycles. The predicted molar refractivity (Wildman–Crippen MR) is 99.3 cm³/mol. The molecule has 0 radical (unpaired) electrons.